The highest BCUT2D eigenvalue weighted by atomic mass is 19.4. The summed E-state index contributed by atoms with van der Waals surface area (Å²) < 4.78 is 81.0. The minimum absolute atomic E-state index is 0.0968. The maximum absolute atomic E-state index is 12.8. The summed E-state index contributed by atoms with van der Waals surface area (Å²) in [6.45, 7) is 5.49. The van der Waals surface area contributed by atoms with Gasteiger partial charge in [-0.05, 0) is 54.5 Å². The third kappa shape index (κ3) is 6.82. The van der Waals surface area contributed by atoms with Crippen molar-refractivity contribution in [2.24, 2.45) is 0 Å². The van der Waals surface area contributed by atoms with E-state index in [9.17, 15) is 26.3 Å². The van der Waals surface area contributed by atoms with E-state index < -0.39 is 30.9 Å². The Morgan fingerprint density at radius 2 is 1.59 bits per heavy atom. The third-order valence-electron chi connectivity index (χ3n) is 6.12. The monoisotopic (exact) mass is 530 g/mol. The molecule has 0 aliphatic heterocycles. The van der Waals surface area contributed by atoms with E-state index in [2.05, 4.69) is 26.1 Å². The van der Waals surface area contributed by atoms with Crippen molar-refractivity contribution in [1.82, 2.24) is 20.5 Å². The molecule has 1 fully saturated rings. The second-order valence-electron chi connectivity index (χ2n) is 10.4. The lowest BCUT2D eigenvalue weighted by Gasteiger charge is -2.36. The zero-order valence-corrected chi connectivity index (χ0v) is 20.7. The topological polar surface area (TPSA) is 87.9 Å². The number of rotatable bonds is 7. The predicted octanol–water partition coefficient (Wildman–Crippen LogP) is 5.96. The Labute approximate surface area is 209 Å². The zero-order chi connectivity index (χ0) is 27.2. The summed E-state index contributed by atoms with van der Waals surface area (Å²) in [5.41, 5.74) is 2.47. The maximum atomic E-state index is 12.8. The predicted molar refractivity (Wildman–Crippen MR) is 128 cm³/mol. The molecule has 37 heavy (non-hydrogen) atoms. The highest BCUT2D eigenvalue weighted by Gasteiger charge is 2.34. The Bertz CT molecular complexity index is 1260. The zero-order valence-electron chi connectivity index (χ0n) is 20.7. The quantitative estimate of drug-likeness (QED) is 0.325. The van der Waals surface area contributed by atoms with E-state index in [4.69, 9.17) is 9.40 Å². The fourth-order valence-corrected chi connectivity index (χ4v) is 4.20. The van der Waals surface area contributed by atoms with Crippen molar-refractivity contribution in [3.05, 3.63) is 29.3 Å². The van der Waals surface area contributed by atoms with Crippen LogP contribution in [0.25, 0.3) is 22.5 Å². The normalized spacial score (nSPS) is 18.6. The van der Waals surface area contributed by atoms with Crippen molar-refractivity contribution >= 4 is 22.6 Å². The van der Waals surface area contributed by atoms with Gasteiger partial charge in [-0.25, -0.2) is 4.98 Å². The van der Waals surface area contributed by atoms with E-state index in [1.807, 2.05) is 27.7 Å². The van der Waals surface area contributed by atoms with Crippen LogP contribution < -0.4 is 16.0 Å². The van der Waals surface area contributed by atoms with Crippen molar-refractivity contribution in [1.29, 1.82) is 0 Å². The maximum Gasteiger partial charge on any atom is 0.405 e. The van der Waals surface area contributed by atoms with Gasteiger partial charge >= 0.3 is 18.4 Å². The Hall–Kier alpha value is -3.09. The van der Waals surface area contributed by atoms with Crippen molar-refractivity contribution in [2.45, 2.75) is 70.4 Å². The van der Waals surface area contributed by atoms with E-state index in [0.29, 0.717) is 35.1 Å². The van der Waals surface area contributed by atoms with Gasteiger partial charge in [-0.3, -0.25) is 0 Å². The van der Waals surface area contributed by atoms with E-state index in [1.54, 1.807) is 18.2 Å². The summed E-state index contributed by atoms with van der Waals surface area (Å²) in [6.07, 6.45) is -7.63. The lowest BCUT2D eigenvalue weighted by atomic mass is 9.84. The SMILES string of the molecule is Cc1cc(-c2nnc(NC3CC(NCC(F)(F)F)C3)o2)nc2c(C(C)(C)C)cc(NCC(F)(F)F)cc12. The minimum atomic E-state index is -4.35. The lowest BCUT2D eigenvalue weighted by Crippen LogP contribution is -2.50. The molecule has 7 nitrogen and oxygen atoms in total. The van der Waals surface area contributed by atoms with Crippen LogP contribution in [0.5, 0.6) is 0 Å². The number of fused-ring (bicyclic) bond motifs is 1. The Balaban J connectivity index is 1.54. The van der Waals surface area contributed by atoms with Gasteiger partial charge in [-0.1, -0.05) is 25.9 Å². The number of benzene rings is 1. The van der Waals surface area contributed by atoms with Crippen LogP contribution in [0.15, 0.2) is 22.6 Å². The number of nitrogens with one attached hydrogen (secondary N) is 3. The molecule has 0 amide bonds. The van der Waals surface area contributed by atoms with Crippen LogP contribution in [-0.2, 0) is 5.41 Å². The van der Waals surface area contributed by atoms with E-state index in [1.165, 1.54) is 0 Å². The second kappa shape index (κ2) is 9.66. The summed E-state index contributed by atoms with van der Waals surface area (Å²) in [4.78, 5) is 4.72. The summed E-state index contributed by atoms with van der Waals surface area (Å²) in [5.74, 6) is 0.151. The number of pyridine rings is 1. The van der Waals surface area contributed by atoms with Crippen molar-refractivity contribution < 1.29 is 30.8 Å². The molecule has 0 saturated heterocycles. The number of hydrogen-bond acceptors (Lipinski definition) is 7. The molecule has 1 saturated carbocycles. The molecule has 1 aliphatic carbocycles. The molecular weight excluding hydrogens is 502 g/mol. The number of halogens is 6. The van der Waals surface area contributed by atoms with Crippen molar-refractivity contribution in [2.75, 3.05) is 23.7 Å². The van der Waals surface area contributed by atoms with Crippen LogP contribution in [0.3, 0.4) is 0 Å². The third-order valence-corrected chi connectivity index (χ3v) is 6.12. The number of aromatic nitrogens is 3. The summed E-state index contributed by atoms with van der Waals surface area (Å²) >= 11 is 0. The Kier molecular flexibility index (Phi) is 7.04. The van der Waals surface area contributed by atoms with Crippen LogP contribution in [0, 0.1) is 6.92 Å². The van der Waals surface area contributed by atoms with Gasteiger partial charge in [0.2, 0.25) is 0 Å². The molecule has 13 heteroatoms. The van der Waals surface area contributed by atoms with E-state index in [0.717, 1.165) is 11.1 Å². The first-order valence-corrected chi connectivity index (χ1v) is 11.7. The van der Waals surface area contributed by atoms with Gasteiger partial charge in [0.05, 0.1) is 12.1 Å². The van der Waals surface area contributed by atoms with Gasteiger partial charge in [0, 0.05) is 23.2 Å². The summed E-state index contributed by atoms with van der Waals surface area (Å²) in [6, 6.07) is 4.84. The number of hydrogen-bond donors (Lipinski definition) is 3. The first-order chi connectivity index (χ1) is 17.1. The molecule has 0 spiro atoms. The van der Waals surface area contributed by atoms with Crippen molar-refractivity contribution in [3.63, 3.8) is 0 Å². The average Bonchev–Trinajstić information content (AvgIpc) is 3.20. The van der Waals surface area contributed by atoms with Crippen LogP contribution >= 0.6 is 0 Å². The highest BCUT2D eigenvalue weighted by molar-refractivity contribution is 5.90. The number of anilines is 2. The van der Waals surface area contributed by atoms with Gasteiger partial charge in [-0.2, -0.15) is 26.3 Å². The molecular formula is C24H28F6N6O. The molecule has 3 aromatic rings. The van der Waals surface area contributed by atoms with Gasteiger partial charge in [0.15, 0.2) is 0 Å². The molecule has 1 aromatic carbocycles. The Morgan fingerprint density at radius 1 is 0.919 bits per heavy atom. The van der Waals surface area contributed by atoms with Gasteiger partial charge in [-0.15, -0.1) is 5.10 Å². The number of nitrogens with zero attached hydrogens (tertiary/aromatic N) is 3. The Morgan fingerprint density at radius 3 is 2.22 bits per heavy atom. The average molecular weight is 531 g/mol. The standard InChI is InChI=1S/C24H28F6N6O/c1-12-5-18(20-35-36-21(37-20)33-15-6-13(7-15)31-10-23(25,26)27)34-19-16(12)8-14(32-11-24(28,29)30)9-17(19)22(2,3)4/h5,8-9,13,15,31-32H,6-7,10-11H2,1-4H3,(H,33,36). The molecule has 2 aromatic heterocycles. The van der Waals surface area contributed by atoms with Crippen LogP contribution in [0.4, 0.5) is 38.0 Å². The van der Waals surface area contributed by atoms with Gasteiger partial charge in [0.1, 0.15) is 12.2 Å². The van der Waals surface area contributed by atoms with Crippen LogP contribution in [0.2, 0.25) is 0 Å². The minimum Gasteiger partial charge on any atom is -0.402 e. The molecule has 1 aliphatic rings. The van der Waals surface area contributed by atoms with Crippen molar-refractivity contribution in [3.8, 4) is 11.6 Å². The fraction of sp³-hybridized carbons (Fsp3) is 0.542. The second-order valence-corrected chi connectivity index (χ2v) is 10.4. The molecule has 0 radical (unpaired) electrons. The number of alkyl halides is 6. The molecule has 0 bridgehead atoms. The first kappa shape index (κ1) is 27.0. The first-order valence-electron chi connectivity index (χ1n) is 11.7. The van der Waals surface area contributed by atoms with Crippen LogP contribution in [-0.4, -0.2) is 52.7 Å². The van der Waals surface area contributed by atoms with E-state index >= 15 is 0 Å². The number of aryl methyl sites for hydroxylation is 1. The fourth-order valence-electron chi connectivity index (χ4n) is 4.20. The molecule has 3 N–H and O–H groups in total. The molecule has 202 valence electrons. The molecule has 2 heterocycles. The highest BCUT2D eigenvalue weighted by Crippen LogP contribution is 2.36. The largest absolute Gasteiger partial charge is 0.405 e. The van der Waals surface area contributed by atoms with Gasteiger partial charge in [0.25, 0.3) is 5.89 Å². The van der Waals surface area contributed by atoms with Gasteiger partial charge < -0.3 is 20.4 Å². The molecule has 0 unspecified atom stereocenters. The molecule has 0 atom stereocenters. The van der Waals surface area contributed by atoms with E-state index in [-0.39, 0.29) is 24.0 Å². The van der Waals surface area contributed by atoms with Crippen LogP contribution in [0.1, 0.15) is 44.7 Å². The smallest absolute Gasteiger partial charge is 0.402 e. The summed E-state index contributed by atoms with van der Waals surface area (Å²) in [7, 11) is 0. The molecule has 4 rings (SSSR count). The summed E-state index contributed by atoms with van der Waals surface area (Å²) in [5, 5.41) is 16.7. The lowest BCUT2D eigenvalue weighted by molar-refractivity contribution is -0.127.